The molecule has 0 saturated carbocycles. The second-order valence-electron chi connectivity index (χ2n) is 8.08. The van der Waals surface area contributed by atoms with Crippen LogP contribution in [0.4, 0.5) is 16.2 Å². The largest absolute Gasteiger partial charge is 0.465 e. The fourth-order valence-electron chi connectivity index (χ4n) is 3.71. The molecule has 0 aromatic heterocycles. The van der Waals surface area contributed by atoms with E-state index in [1.165, 1.54) is 7.11 Å². The number of piperazine rings is 1. The quantitative estimate of drug-likeness (QED) is 0.322. The van der Waals surface area contributed by atoms with Crippen molar-refractivity contribution in [3.8, 4) is 0 Å². The molecule has 0 spiro atoms. The average molecular weight is 403 g/mol. The number of rotatable bonds is 3. The van der Waals surface area contributed by atoms with Crippen molar-refractivity contribution in [2.24, 2.45) is 5.11 Å². The van der Waals surface area contributed by atoms with Crippen LogP contribution in [0.25, 0.3) is 10.4 Å². The van der Waals surface area contributed by atoms with Gasteiger partial charge in [-0.3, -0.25) is 0 Å². The van der Waals surface area contributed by atoms with E-state index in [9.17, 15) is 9.59 Å². The number of ether oxygens (including phenoxy) is 2. The van der Waals surface area contributed by atoms with Gasteiger partial charge in [0.15, 0.2) is 0 Å². The van der Waals surface area contributed by atoms with Crippen LogP contribution in [-0.4, -0.2) is 55.9 Å². The molecule has 0 atom stereocenters. The van der Waals surface area contributed by atoms with Gasteiger partial charge >= 0.3 is 12.1 Å². The average Bonchev–Trinajstić information content (AvgIpc) is 2.64. The van der Waals surface area contributed by atoms with Gasteiger partial charge in [0.25, 0.3) is 0 Å². The predicted molar refractivity (Wildman–Crippen MR) is 111 cm³/mol. The number of carbonyl (C=O) groups is 2. The summed E-state index contributed by atoms with van der Waals surface area (Å²) in [4.78, 5) is 31.4. The lowest BCUT2D eigenvalue weighted by atomic mass is 9.94. The Labute approximate surface area is 171 Å². The molecule has 1 heterocycles. The lowest BCUT2D eigenvalue weighted by Gasteiger charge is -2.38. The van der Waals surface area contributed by atoms with Gasteiger partial charge in [-0.05, 0) is 63.8 Å². The van der Waals surface area contributed by atoms with Crippen LogP contribution in [0.2, 0.25) is 0 Å². The van der Waals surface area contributed by atoms with Gasteiger partial charge in [-0.2, -0.15) is 0 Å². The van der Waals surface area contributed by atoms with Crippen LogP contribution in [0.1, 0.15) is 47.8 Å². The molecular formula is C20H29N5O4. The number of methoxy groups -OCH3 is 1. The van der Waals surface area contributed by atoms with Gasteiger partial charge in [0.1, 0.15) is 5.60 Å². The summed E-state index contributed by atoms with van der Waals surface area (Å²) in [6.07, 6.45) is -0.334. The van der Waals surface area contributed by atoms with Crippen molar-refractivity contribution in [2.45, 2.75) is 47.1 Å². The zero-order valence-electron chi connectivity index (χ0n) is 18.2. The number of hydrogen-bond acceptors (Lipinski definition) is 6. The van der Waals surface area contributed by atoms with Gasteiger partial charge in [-0.25, -0.2) is 9.59 Å². The van der Waals surface area contributed by atoms with Crippen molar-refractivity contribution in [3.63, 3.8) is 0 Å². The first-order valence-electron chi connectivity index (χ1n) is 9.51. The third kappa shape index (κ3) is 4.74. The topological polar surface area (TPSA) is 108 Å². The lowest BCUT2D eigenvalue weighted by molar-refractivity contribution is 0.0240. The third-order valence-corrected chi connectivity index (χ3v) is 4.95. The maximum absolute atomic E-state index is 12.4. The van der Waals surface area contributed by atoms with Crippen LogP contribution < -0.4 is 4.90 Å². The number of amides is 1. The molecule has 1 amide bonds. The zero-order valence-corrected chi connectivity index (χ0v) is 18.2. The Morgan fingerprint density at radius 3 is 2.10 bits per heavy atom. The molecule has 1 aliphatic rings. The fourth-order valence-corrected chi connectivity index (χ4v) is 3.71. The predicted octanol–water partition coefficient (Wildman–Crippen LogP) is 4.40. The first-order valence-corrected chi connectivity index (χ1v) is 9.51. The normalized spacial score (nSPS) is 14.3. The standard InChI is InChI=1S/C20H29N5O4/c1-12-15(18(26)28-7)13(2)17(14(3)16(12)22-23-21)24-8-10-25(11-9-24)19(27)29-20(4,5)6/h8-11H2,1-7H3. The molecule has 0 radical (unpaired) electrons. The maximum atomic E-state index is 12.4. The van der Waals surface area contributed by atoms with E-state index in [1.54, 1.807) is 11.8 Å². The van der Waals surface area contributed by atoms with Crippen molar-refractivity contribution in [2.75, 3.05) is 38.2 Å². The molecule has 1 aromatic carbocycles. The van der Waals surface area contributed by atoms with Gasteiger partial charge in [0.05, 0.1) is 12.7 Å². The van der Waals surface area contributed by atoms with Crippen LogP contribution in [-0.2, 0) is 9.47 Å². The second-order valence-corrected chi connectivity index (χ2v) is 8.08. The molecule has 2 rings (SSSR count). The monoisotopic (exact) mass is 403 g/mol. The number of carbonyl (C=O) groups excluding carboxylic acids is 2. The summed E-state index contributed by atoms with van der Waals surface area (Å²) in [5.41, 5.74) is 12.3. The summed E-state index contributed by atoms with van der Waals surface area (Å²) in [6.45, 7) is 13.1. The Hall–Kier alpha value is -2.93. The summed E-state index contributed by atoms with van der Waals surface area (Å²) in [5, 5.41) is 3.82. The Bertz CT molecular complexity index is 861. The van der Waals surface area contributed by atoms with Crippen LogP contribution in [0.3, 0.4) is 0 Å². The summed E-state index contributed by atoms with van der Waals surface area (Å²) in [7, 11) is 1.33. The minimum Gasteiger partial charge on any atom is -0.465 e. The van der Waals surface area contributed by atoms with Crippen molar-refractivity contribution in [3.05, 3.63) is 32.7 Å². The Kier molecular flexibility index (Phi) is 6.64. The van der Waals surface area contributed by atoms with Crippen LogP contribution >= 0.6 is 0 Å². The molecular weight excluding hydrogens is 374 g/mol. The van der Waals surface area contributed by atoms with E-state index in [4.69, 9.17) is 15.0 Å². The first-order chi connectivity index (χ1) is 13.5. The molecule has 1 saturated heterocycles. The highest BCUT2D eigenvalue weighted by Crippen LogP contribution is 2.39. The van der Waals surface area contributed by atoms with Crippen molar-refractivity contribution in [1.29, 1.82) is 0 Å². The second kappa shape index (κ2) is 8.61. The highest BCUT2D eigenvalue weighted by molar-refractivity contribution is 5.97. The van der Waals surface area contributed by atoms with Gasteiger partial charge in [-0.15, -0.1) is 0 Å². The SMILES string of the molecule is COC(=O)c1c(C)c(N=[N+]=[N-])c(C)c(N2CCN(C(=O)OC(C)(C)C)CC2)c1C. The molecule has 1 aromatic rings. The molecule has 1 fully saturated rings. The Morgan fingerprint density at radius 1 is 1.03 bits per heavy atom. The van der Waals surface area contributed by atoms with Gasteiger partial charge in [0.2, 0.25) is 0 Å². The van der Waals surface area contributed by atoms with E-state index in [0.29, 0.717) is 43.0 Å². The zero-order chi connectivity index (χ0) is 21.9. The number of azide groups is 1. The summed E-state index contributed by atoms with van der Waals surface area (Å²) < 4.78 is 10.4. The first kappa shape index (κ1) is 22.4. The van der Waals surface area contributed by atoms with E-state index in [0.717, 1.165) is 16.8 Å². The minimum atomic E-state index is -0.544. The molecule has 9 heteroatoms. The number of nitrogens with zero attached hydrogens (tertiary/aromatic N) is 5. The molecule has 0 unspecified atom stereocenters. The number of anilines is 1. The number of esters is 1. The maximum Gasteiger partial charge on any atom is 0.410 e. The molecule has 158 valence electrons. The highest BCUT2D eigenvalue weighted by atomic mass is 16.6. The third-order valence-electron chi connectivity index (χ3n) is 4.95. The summed E-state index contributed by atoms with van der Waals surface area (Å²) in [6, 6.07) is 0. The van der Waals surface area contributed by atoms with Crippen molar-refractivity contribution < 1.29 is 19.1 Å². The minimum absolute atomic E-state index is 0.334. The van der Waals surface area contributed by atoms with Crippen LogP contribution in [0.15, 0.2) is 5.11 Å². The van der Waals surface area contributed by atoms with Crippen LogP contribution in [0, 0.1) is 20.8 Å². The highest BCUT2D eigenvalue weighted by Gasteiger charge is 2.29. The van der Waals surface area contributed by atoms with E-state index >= 15 is 0 Å². The van der Waals surface area contributed by atoms with E-state index in [1.807, 2.05) is 34.6 Å². The number of benzene rings is 1. The van der Waals surface area contributed by atoms with Gasteiger partial charge in [0, 0.05) is 42.5 Å². The summed E-state index contributed by atoms with van der Waals surface area (Å²) >= 11 is 0. The summed E-state index contributed by atoms with van der Waals surface area (Å²) in [5.74, 6) is -0.469. The van der Waals surface area contributed by atoms with Crippen molar-refractivity contribution in [1.82, 2.24) is 4.90 Å². The molecule has 0 aliphatic carbocycles. The molecule has 29 heavy (non-hydrogen) atoms. The van der Waals surface area contributed by atoms with Gasteiger partial charge in [-0.1, -0.05) is 5.11 Å². The molecule has 0 N–H and O–H groups in total. The van der Waals surface area contributed by atoms with Crippen molar-refractivity contribution >= 4 is 23.4 Å². The van der Waals surface area contributed by atoms with E-state index < -0.39 is 11.6 Å². The fraction of sp³-hybridized carbons (Fsp3) is 0.600. The molecule has 0 bridgehead atoms. The molecule has 9 nitrogen and oxygen atoms in total. The van der Waals surface area contributed by atoms with Crippen LogP contribution in [0.5, 0.6) is 0 Å². The Morgan fingerprint density at radius 2 is 1.62 bits per heavy atom. The lowest BCUT2D eigenvalue weighted by Crippen LogP contribution is -2.50. The van der Waals surface area contributed by atoms with E-state index in [2.05, 4.69) is 14.9 Å². The van der Waals surface area contributed by atoms with E-state index in [-0.39, 0.29) is 6.09 Å². The van der Waals surface area contributed by atoms with Gasteiger partial charge < -0.3 is 19.3 Å². The smallest absolute Gasteiger partial charge is 0.410 e. The number of hydrogen-bond donors (Lipinski definition) is 0. The Balaban J connectivity index is 2.38. The molecule has 1 aliphatic heterocycles.